The zero-order chi connectivity index (χ0) is 33.8. The number of aryl methyl sites for hydroxylation is 2. The molecule has 2 amide bonds. The number of nitrogens with one attached hydrogen (secondary N) is 1. The van der Waals surface area contributed by atoms with Gasteiger partial charge in [0.1, 0.15) is 30.3 Å². The largest absolute Gasteiger partial charge is 0.724 e. The number of carboxylic acids is 1. The fourth-order valence-electron chi connectivity index (χ4n) is 4.41. The van der Waals surface area contributed by atoms with Crippen LogP contribution in [0.2, 0.25) is 0 Å². The summed E-state index contributed by atoms with van der Waals surface area (Å²) < 4.78 is 46.7. The number of hydrogen-bond donors (Lipinski definition) is 4. The van der Waals surface area contributed by atoms with Crippen LogP contribution in [0.5, 0.6) is 5.75 Å². The first kappa shape index (κ1) is 34.2. The molecule has 1 fully saturated rings. The molecule has 0 radical (unpaired) electrons. The Morgan fingerprint density at radius 1 is 1.30 bits per heavy atom. The van der Waals surface area contributed by atoms with Crippen molar-refractivity contribution in [2.24, 2.45) is 17.9 Å². The monoisotopic (exact) mass is 680 g/mol. The van der Waals surface area contributed by atoms with E-state index in [1.54, 1.807) is 12.1 Å². The van der Waals surface area contributed by atoms with E-state index in [1.165, 1.54) is 19.2 Å². The molecule has 1 aromatic carbocycles. The molecule has 248 valence electrons. The summed E-state index contributed by atoms with van der Waals surface area (Å²) in [5.74, 6) is -3.18. The number of benzene rings is 1. The van der Waals surface area contributed by atoms with Gasteiger partial charge in [-0.3, -0.25) is 9.59 Å². The number of aliphatic carboxylic acids is 1. The number of hydroxylamine groups is 2. The van der Waals surface area contributed by atoms with E-state index < -0.39 is 58.2 Å². The summed E-state index contributed by atoms with van der Waals surface area (Å²) in [5.41, 5.74) is 11.0. The number of hydrogen-bond acceptors (Lipinski definition) is 14. The molecule has 2 atom stereocenters. The van der Waals surface area contributed by atoms with Gasteiger partial charge >= 0.3 is 5.97 Å². The summed E-state index contributed by atoms with van der Waals surface area (Å²) in [4.78, 5) is 46.8. The standard InChI is InChI=1S/C26H32N8O10S2/c1-26(2)21(23(36)34(26)44-46(39,40)41)30-22(35)20(17-13-45-25(28)29-17)31-43-19(24(37)38)12-42-16-7-5-15(6-8-16)18-11-33(10-4-9-27)14-32(18)3/h5-8,11,13-14,19,21H,4,9-10,12,27H2,1-3H3,(H4-,28,29,30,35,37,38,39,40,41)/b31-20-/t19-,21+/m0/s1. The van der Waals surface area contributed by atoms with E-state index in [2.05, 4.69) is 19.7 Å². The van der Waals surface area contributed by atoms with Crippen LogP contribution in [-0.2, 0) is 47.5 Å². The van der Waals surface area contributed by atoms with Gasteiger partial charge in [0.15, 0.2) is 16.5 Å². The van der Waals surface area contributed by atoms with E-state index in [4.69, 9.17) is 21.0 Å². The van der Waals surface area contributed by atoms with Gasteiger partial charge in [-0.25, -0.2) is 27.3 Å². The molecule has 1 saturated heterocycles. The highest BCUT2D eigenvalue weighted by Crippen LogP contribution is 2.33. The lowest BCUT2D eigenvalue weighted by Crippen LogP contribution is -2.76. The Morgan fingerprint density at radius 2 is 2.00 bits per heavy atom. The van der Waals surface area contributed by atoms with E-state index in [0.29, 0.717) is 17.4 Å². The van der Waals surface area contributed by atoms with Crippen molar-refractivity contribution < 1.29 is 50.9 Å². The van der Waals surface area contributed by atoms with Gasteiger partial charge in [-0.2, -0.15) is 9.35 Å². The van der Waals surface area contributed by atoms with Crippen LogP contribution < -0.4 is 26.1 Å². The number of imidazole rings is 1. The Bertz CT molecular complexity index is 1740. The van der Waals surface area contributed by atoms with Crippen LogP contribution in [0.3, 0.4) is 0 Å². The number of nitrogens with two attached hydrogens (primary N) is 2. The molecule has 1 aliphatic heterocycles. The number of nitrogens with zero attached hydrogens (tertiary/aromatic N) is 5. The van der Waals surface area contributed by atoms with Gasteiger partial charge in [-0.15, -0.1) is 11.3 Å². The molecule has 1 aliphatic rings. The summed E-state index contributed by atoms with van der Waals surface area (Å²) in [5, 5.41) is 17.5. The summed E-state index contributed by atoms with van der Waals surface area (Å²) >= 11 is 0.954. The second-order valence-electron chi connectivity index (χ2n) is 10.6. The first-order chi connectivity index (χ1) is 21.6. The van der Waals surface area contributed by atoms with Crippen LogP contribution in [0.15, 0.2) is 47.3 Å². The van der Waals surface area contributed by atoms with Gasteiger partial charge < -0.3 is 36.0 Å². The highest BCUT2D eigenvalue weighted by atomic mass is 32.3. The lowest BCUT2D eigenvalue weighted by Gasteiger charge is -2.51. The van der Waals surface area contributed by atoms with Crippen LogP contribution in [0.1, 0.15) is 26.0 Å². The molecule has 6 N–H and O–H groups in total. The van der Waals surface area contributed by atoms with Crippen LogP contribution in [0, 0.1) is 0 Å². The molecule has 0 aliphatic carbocycles. The Morgan fingerprint density at radius 3 is 2.57 bits per heavy atom. The number of oxime groups is 1. The molecule has 2 aromatic heterocycles. The third kappa shape index (κ3) is 7.95. The Labute approximate surface area is 267 Å². The van der Waals surface area contributed by atoms with Crippen molar-refractivity contribution in [1.82, 2.24) is 19.9 Å². The van der Waals surface area contributed by atoms with Crippen LogP contribution >= 0.6 is 11.3 Å². The third-order valence-corrected chi connectivity index (χ3v) is 7.81. The number of thiazole rings is 1. The number of amides is 2. The average molecular weight is 681 g/mol. The number of carboxylic acid groups (broad SMARTS) is 1. The van der Waals surface area contributed by atoms with Crippen molar-refractivity contribution in [1.29, 1.82) is 0 Å². The zero-order valence-corrected chi connectivity index (χ0v) is 26.5. The highest BCUT2D eigenvalue weighted by molar-refractivity contribution is 7.80. The molecule has 20 heteroatoms. The van der Waals surface area contributed by atoms with E-state index in [9.17, 15) is 32.5 Å². The summed E-state index contributed by atoms with van der Waals surface area (Å²) in [6.45, 7) is 3.53. The molecule has 0 spiro atoms. The maximum Gasteiger partial charge on any atom is 0.351 e. The summed E-state index contributed by atoms with van der Waals surface area (Å²) in [7, 11) is -3.35. The van der Waals surface area contributed by atoms with Crippen LogP contribution in [0.25, 0.3) is 11.3 Å². The normalized spacial score (nSPS) is 16.9. The topological polar surface area (TPSA) is 258 Å². The van der Waals surface area contributed by atoms with Crippen molar-refractivity contribution >= 4 is 50.4 Å². The number of anilines is 1. The highest BCUT2D eigenvalue weighted by Gasteiger charge is 2.57. The number of aromatic nitrogens is 3. The molecule has 0 saturated carbocycles. The second-order valence-corrected chi connectivity index (χ2v) is 12.4. The smallest absolute Gasteiger partial charge is 0.351 e. The number of β-lactam (4-membered cyclic amide) rings is 1. The fourth-order valence-corrected chi connectivity index (χ4v) is 5.41. The minimum Gasteiger partial charge on any atom is -0.724 e. The van der Waals surface area contributed by atoms with Gasteiger partial charge in [0, 0.05) is 10.9 Å². The number of rotatable bonds is 15. The average Bonchev–Trinajstić information content (AvgIpc) is 3.59. The van der Waals surface area contributed by atoms with E-state index in [-0.39, 0.29) is 10.8 Å². The number of carbonyl (C=O) groups is 3. The molecule has 3 heterocycles. The van der Waals surface area contributed by atoms with E-state index in [1.807, 2.05) is 40.8 Å². The predicted octanol–water partition coefficient (Wildman–Crippen LogP) is -0.883. The van der Waals surface area contributed by atoms with Crippen molar-refractivity contribution in [3.8, 4) is 17.0 Å². The van der Waals surface area contributed by atoms with E-state index >= 15 is 0 Å². The first-order valence-electron chi connectivity index (χ1n) is 13.6. The number of ether oxygens (including phenoxy) is 1. The van der Waals surface area contributed by atoms with Crippen molar-refractivity contribution in [2.75, 3.05) is 18.9 Å². The minimum absolute atomic E-state index is 0.0538. The Balaban J connectivity index is 1.45. The summed E-state index contributed by atoms with van der Waals surface area (Å²) in [6.07, 6.45) is 3.10. The van der Waals surface area contributed by atoms with Gasteiger partial charge in [0.25, 0.3) is 17.9 Å². The van der Waals surface area contributed by atoms with Gasteiger partial charge in [-0.05, 0) is 51.1 Å². The number of nitrogen functional groups attached to an aromatic ring is 1. The molecular weight excluding hydrogens is 648 g/mol. The molecule has 18 nitrogen and oxygen atoms in total. The van der Waals surface area contributed by atoms with Crippen molar-refractivity contribution in [3.63, 3.8) is 0 Å². The molecule has 46 heavy (non-hydrogen) atoms. The van der Waals surface area contributed by atoms with Crippen molar-refractivity contribution in [3.05, 3.63) is 47.9 Å². The predicted molar refractivity (Wildman–Crippen MR) is 159 cm³/mol. The lowest BCUT2D eigenvalue weighted by atomic mass is 9.84. The van der Waals surface area contributed by atoms with Gasteiger partial charge in [0.05, 0.1) is 19.1 Å². The Hall–Kier alpha value is -4.63. The van der Waals surface area contributed by atoms with Crippen LogP contribution in [0.4, 0.5) is 5.13 Å². The first-order valence-corrected chi connectivity index (χ1v) is 15.8. The molecule has 0 unspecified atom stereocenters. The molecule has 4 rings (SSSR count). The SMILES string of the molecule is Cn1c[n+](CCCN)cc1-c1ccc(OC[C@H](O/N=C(\C(=O)N[C@@H]2C(=O)N(OS(=O)(=O)[O-])C2(C)C)c2csc(N)n2)C(=O)O)cc1. The minimum atomic E-state index is -5.26. The Kier molecular flexibility index (Phi) is 10.3. The maximum atomic E-state index is 13.2. The fraction of sp³-hybridized carbons (Fsp3) is 0.385. The quantitative estimate of drug-likeness (QED) is 0.0380. The van der Waals surface area contributed by atoms with Gasteiger partial charge in [0.2, 0.25) is 16.7 Å². The molecule has 3 aromatic rings. The van der Waals surface area contributed by atoms with Crippen LogP contribution in [-0.4, -0.2) is 87.0 Å². The summed E-state index contributed by atoms with van der Waals surface area (Å²) in [6, 6.07) is 5.59. The molecular formula is C26H32N8O10S2. The molecule has 0 bridgehead atoms. The van der Waals surface area contributed by atoms with Gasteiger partial charge in [-0.1, -0.05) is 5.16 Å². The zero-order valence-electron chi connectivity index (χ0n) is 24.9. The lowest BCUT2D eigenvalue weighted by molar-refractivity contribution is -0.696. The van der Waals surface area contributed by atoms with E-state index in [0.717, 1.165) is 35.6 Å². The third-order valence-electron chi connectivity index (χ3n) is 6.81. The maximum absolute atomic E-state index is 13.2. The van der Waals surface area contributed by atoms with Crippen molar-refractivity contribution in [2.45, 2.75) is 44.5 Å². The number of carbonyl (C=O) groups excluding carboxylic acids is 2. The second kappa shape index (κ2) is 13.8.